The molecular formula is C15H26N2O2. The molecule has 108 valence electrons. The number of nitrogens with one attached hydrogen (secondary N) is 1. The number of amides is 1. The summed E-state index contributed by atoms with van der Waals surface area (Å²) in [6.45, 7) is 6.26. The largest absolute Gasteiger partial charge is 0.372 e. The van der Waals surface area contributed by atoms with Crippen LogP contribution in [-0.4, -0.2) is 48.2 Å². The molecular weight excluding hydrogens is 240 g/mol. The van der Waals surface area contributed by atoms with Gasteiger partial charge in [-0.15, -0.1) is 0 Å². The number of hydrogen-bond donors (Lipinski definition) is 1. The second-order valence-electron chi connectivity index (χ2n) is 6.97. The van der Waals surface area contributed by atoms with Crippen LogP contribution in [0, 0.1) is 5.92 Å². The van der Waals surface area contributed by atoms with Crippen molar-refractivity contribution >= 4 is 5.91 Å². The van der Waals surface area contributed by atoms with Gasteiger partial charge in [-0.3, -0.25) is 4.79 Å². The Morgan fingerprint density at radius 1 is 1.32 bits per heavy atom. The predicted molar refractivity (Wildman–Crippen MR) is 73.9 cm³/mol. The van der Waals surface area contributed by atoms with E-state index in [1.165, 1.54) is 25.7 Å². The highest BCUT2D eigenvalue weighted by Gasteiger charge is 2.41. The van der Waals surface area contributed by atoms with Crippen LogP contribution in [0.3, 0.4) is 0 Å². The number of carbonyl (C=O) groups excluding carboxylic acids is 1. The van der Waals surface area contributed by atoms with Crippen LogP contribution in [0.1, 0.15) is 46.0 Å². The first-order valence-corrected chi connectivity index (χ1v) is 7.74. The maximum absolute atomic E-state index is 12.6. The van der Waals surface area contributed by atoms with E-state index in [0.717, 1.165) is 25.4 Å². The molecule has 0 bridgehead atoms. The normalized spacial score (nSPS) is 38.0. The summed E-state index contributed by atoms with van der Waals surface area (Å²) < 4.78 is 5.69. The van der Waals surface area contributed by atoms with Gasteiger partial charge >= 0.3 is 0 Å². The predicted octanol–water partition coefficient (Wildman–Crippen LogP) is 1.54. The quantitative estimate of drug-likeness (QED) is 0.783. The second-order valence-corrected chi connectivity index (χ2v) is 6.97. The smallest absolute Gasteiger partial charge is 0.239 e. The molecule has 2 saturated heterocycles. The number of fused-ring (bicyclic) bond motifs is 1. The van der Waals surface area contributed by atoms with Crippen LogP contribution in [0.2, 0.25) is 0 Å². The Kier molecular flexibility index (Phi) is 3.56. The summed E-state index contributed by atoms with van der Waals surface area (Å²) in [5.41, 5.74) is -0.195. The molecule has 3 rings (SSSR count). The van der Waals surface area contributed by atoms with Gasteiger partial charge in [0.1, 0.15) is 0 Å². The number of ether oxygens (including phenoxy) is 1. The molecule has 0 aromatic rings. The Morgan fingerprint density at radius 3 is 2.84 bits per heavy atom. The second kappa shape index (κ2) is 5.06. The number of carbonyl (C=O) groups is 1. The molecule has 0 spiro atoms. The fourth-order valence-electron chi connectivity index (χ4n) is 3.94. The first-order valence-electron chi connectivity index (χ1n) is 7.74. The van der Waals surface area contributed by atoms with Crippen molar-refractivity contribution in [1.82, 2.24) is 10.2 Å². The van der Waals surface area contributed by atoms with Gasteiger partial charge in [0.15, 0.2) is 0 Å². The van der Waals surface area contributed by atoms with Crippen LogP contribution < -0.4 is 5.32 Å². The number of hydrogen-bond acceptors (Lipinski definition) is 3. The Bertz CT molecular complexity index is 342. The number of nitrogens with zero attached hydrogens (tertiary/aromatic N) is 1. The third-order valence-electron chi connectivity index (χ3n) is 4.90. The highest BCUT2D eigenvalue weighted by atomic mass is 16.5. The molecule has 19 heavy (non-hydrogen) atoms. The van der Waals surface area contributed by atoms with Crippen LogP contribution in [0.25, 0.3) is 0 Å². The molecule has 0 aromatic carbocycles. The SMILES string of the molecule is CC1(C)CN(C(=O)C2CC3CCCCC3N2)CCO1. The van der Waals surface area contributed by atoms with Gasteiger partial charge in [-0.05, 0) is 39.0 Å². The van der Waals surface area contributed by atoms with Crippen molar-refractivity contribution in [2.24, 2.45) is 5.92 Å². The Balaban J connectivity index is 1.61. The molecule has 4 heteroatoms. The summed E-state index contributed by atoms with van der Waals surface area (Å²) in [6.07, 6.45) is 6.26. The van der Waals surface area contributed by atoms with Gasteiger partial charge in [0.2, 0.25) is 5.91 Å². The summed E-state index contributed by atoms with van der Waals surface area (Å²) in [4.78, 5) is 14.6. The molecule has 2 heterocycles. The van der Waals surface area contributed by atoms with E-state index >= 15 is 0 Å². The lowest BCUT2D eigenvalue weighted by Gasteiger charge is -2.39. The summed E-state index contributed by atoms with van der Waals surface area (Å²) >= 11 is 0. The molecule has 1 saturated carbocycles. The Morgan fingerprint density at radius 2 is 2.11 bits per heavy atom. The van der Waals surface area contributed by atoms with Crippen molar-refractivity contribution in [3.63, 3.8) is 0 Å². The standard InChI is InChI=1S/C15H26N2O2/c1-15(2)10-17(7-8-19-15)14(18)13-9-11-5-3-4-6-12(11)16-13/h11-13,16H,3-10H2,1-2H3. The molecule has 3 atom stereocenters. The molecule has 4 nitrogen and oxygen atoms in total. The van der Waals surface area contributed by atoms with Crippen LogP contribution in [0.5, 0.6) is 0 Å². The van der Waals surface area contributed by atoms with Gasteiger partial charge in [-0.2, -0.15) is 0 Å². The fourth-order valence-corrected chi connectivity index (χ4v) is 3.94. The number of morpholine rings is 1. The van der Waals surface area contributed by atoms with Crippen LogP contribution in [0.15, 0.2) is 0 Å². The molecule has 2 aliphatic heterocycles. The molecule has 3 fully saturated rings. The Hall–Kier alpha value is -0.610. The van der Waals surface area contributed by atoms with Crippen molar-refractivity contribution in [2.45, 2.75) is 63.6 Å². The maximum Gasteiger partial charge on any atom is 0.239 e. The number of rotatable bonds is 1. The molecule has 3 unspecified atom stereocenters. The van der Waals surface area contributed by atoms with Gasteiger partial charge < -0.3 is 15.0 Å². The molecule has 0 radical (unpaired) electrons. The average molecular weight is 266 g/mol. The zero-order valence-electron chi connectivity index (χ0n) is 12.2. The molecule has 1 N–H and O–H groups in total. The highest BCUT2D eigenvalue weighted by molar-refractivity contribution is 5.82. The zero-order chi connectivity index (χ0) is 13.5. The van der Waals surface area contributed by atoms with Crippen molar-refractivity contribution in [2.75, 3.05) is 19.7 Å². The van der Waals surface area contributed by atoms with E-state index in [1.54, 1.807) is 0 Å². The zero-order valence-corrected chi connectivity index (χ0v) is 12.2. The minimum atomic E-state index is -0.195. The molecule has 0 aromatic heterocycles. The fraction of sp³-hybridized carbons (Fsp3) is 0.933. The van der Waals surface area contributed by atoms with Gasteiger partial charge in [-0.1, -0.05) is 12.8 Å². The lowest BCUT2D eigenvalue weighted by atomic mass is 9.85. The summed E-state index contributed by atoms with van der Waals surface area (Å²) in [7, 11) is 0. The molecule has 3 aliphatic rings. The molecule has 1 amide bonds. The highest BCUT2D eigenvalue weighted by Crippen LogP contribution is 2.34. The minimum Gasteiger partial charge on any atom is -0.372 e. The first kappa shape index (κ1) is 13.4. The summed E-state index contributed by atoms with van der Waals surface area (Å²) in [6, 6.07) is 0.652. The van der Waals surface area contributed by atoms with E-state index in [4.69, 9.17) is 4.74 Å². The van der Waals surface area contributed by atoms with E-state index in [2.05, 4.69) is 19.2 Å². The van der Waals surface area contributed by atoms with E-state index in [0.29, 0.717) is 18.6 Å². The van der Waals surface area contributed by atoms with Gasteiger partial charge in [0.05, 0.1) is 18.2 Å². The third kappa shape index (κ3) is 2.79. The van der Waals surface area contributed by atoms with Gasteiger partial charge in [-0.25, -0.2) is 0 Å². The van der Waals surface area contributed by atoms with Crippen LogP contribution in [-0.2, 0) is 9.53 Å². The summed E-state index contributed by atoms with van der Waals surface area (Å²) in [5, 5.41) is 3.59. The van der Waals surface area contributed by atoms with Gasteiger partial charge in [0.25, 0.3) is 0 Å². The average Bonchev–Trinajstić information content (AvgIpc) is 2.80. The minimum absolute atomic E-state index is 0.0574. The van der Waals surface area contributed by atoms with Gasteiger partial charge in [0, 0.05) is 19.1 Å². The van der Waals surface area contributed by atoms with Crippen molar-refractivity contribution < 1.29 is 9.53 Å². The maximum atomic E-state index is 12.6. The van der Waals surface area contributed by atoms with E-state index < -0.39 is 0 Å². The Labute approximate surface area is 115 Å². The van der Waals surface area contributed by atoms with E-state index in [1.807, 2.05) is 4.90 Å². The lowest BCUT2D eigenvalue weighted by Crippen LogP contribution is -2.55. The van der Waals surface area contributed by atoms with E-state index in [9.17, 15) is 4.79 Å². The topological polar surface area (TPSA) is 41.6 Å². The molecule has 1 aliphatic carbocycles. The van der Waals surface area contributed by atoms with Crippen LogP contribution >= 0.6 is 0 Å². The van der Waals surface area contributed by atoms with Crippen LogP contribution in [0.4, 0.5) is 0 Å². The third-order valence-corrected chi connectivity index (χ3v) is 4.90. The first-order chi connectivity index (χ1) is 9.05. The lowest BCUT2D eigenvalue weighted by molar-refractivity contribution is -0.147. The van der Waals surface area contributed by atoms with Crippen molar-refractivity contribution in [3.05, 3.63) is 0 Å². The van der Waals surface area contributed by atoms with Crippen molar-refractivity contribution in [3.8, 4) is 0 Å². The van der Waals surface area contributed by atoms with Crippen molar-refractivity contribution in [1.29, 1.82) is 0 Å². The monoisotopic (exact) mass is 266 g/mol. The van der Waals surface area contributed by atoms with E-state index in [-0.39, 0.29) is 11.6 Å². The summed E-state index contributed by atoms with van der Waals surface area (Å²) in [5.74, 6) is 1.03.